The standard InChI is InChI=1S/C18H22N2O5S/c1-12(2)25-16-8-7-14(10-17(16)24-3)18(21)20-11-13-5-4-6-15(9-13)26(19,22)23/h4-10,12H,11H2,1-3H3,(H,20,21)(H2,19,22,23). The molecule has 0 fully saturated rings. The smallest absolute Gasteiger partial charge is 0.251 e. The normalized spacial score (nSPS) is 11.3. The molecule has 0 aliphatic carbocycles. The number of hydrogen-bond acceptors (Lipinski definition) is 5. The maximum atomic E-state index is 12.4. The molecule has 0 saturated carbocycles. The molecule has 0 spiro atoms. The van der Waals surface area contributed by atoms with Crippen molar-refractivity contribution in [1.29, 1.82) is 0 Å². The maximum absolute atomic E-state index is 12.4. The van der Waals surface area contributed by atoms with E-state index in [1.807, 2.05) is 13.8 Å². The van der Waals surface area contributed by atoms with E-state index in [1.54, 1.807) is 30.3 Å². The lowest BCUT2D eigenvalue weighted by atomic mass is 10.1. The highest BCUT2D eigenvalue weighted by molar-refractivity contribution is 7.89. The summed E-state index contributed by atoms with van der Waals surface area (Å²) in [6, 6.07) is 11.0. The van der Waals surface area contributed by atoms with E-state index in [0.29, 0.717) is 22.6 Å². The lowest BCUT2D eigenvalue weighted by Crippen LogP contribution is -2.23. The Morgan fingerprint density at radius 2 is 1.88 bits per heavy atom. The fourth-order valence-corrected chi connectivity index (χ4v) is 2.86. The molecule has 0 saturated heterocycles. The van der Waals surface area contributed by atoms with Crippen LogP contribution in [0.4, 0.5) is 0 Å². The molecule has 0 atom stereocenters. The molecular weight excluding hydrogens is 356 g/mol. The number of nitrogens with two attached hydrogens (primary N) is 1. The van der Waals surface area contributed by atoms with Crippen molar-refractivity contribution in [2.75, 3.05) is 7.11 Å². The molecule has 0 aliphatic heterocycles. The summed E-state index contributed by atoms with van der Waals surface area (Å²) in [4.78, 5) is 12.4. The van der Waals surface area contributed by atoms with Crippen LogP contribution in [0, 0.1) is 0 Å². The van der Waals surface area contributed by atoms with Gasteiger partial charge in [-0.05, 0) is 49.7 Å². The molecule has 1 amide bonds. The van der Waals surface area contributed by atoms with Crippen LogP contribution in [0.3, 0.4) is 0 Å². The van der Waals surface area contributed by atoms with Gasteiger partial charge in [-0.25, -0.2) is 13.6 Å². The number of primary sulfonamides is 1. The summed E-state index contributed by atoms with van der Waals surface area (Å²) in [6.07, 6.45) is -0.0188. The van der Waals surface area contributed by atoms with Crippen molar-refractivity contribution in [2.24, 2.45) is 5.14 Å². The van der Waals surface area contributed by atoms with Crippen LogP contribution in [0.5, 0.6) is 11.5 Å². The highest BCUT2D eigenvalue weighted by Gasteiger charge is 2.13. The summed E-state index contributed by atoms with van der Waals surface area (Å²) in [5, 5.41) is 7.85. The van der Waals surface area contributed by atoms with E-state index >= 15 is 0 Å². The highest BCUT2D eigenvalue weighted by Crippen LogP contribution is 2.29. The van der Waals surface area contributed by atoms with E-state index in [4.69, 9.17) is 14.6 Å². The summed E-state index contributed by atoms with van der Waals surface area (Å²) >= 11 is 0. The number of amides is 1. The van der Waals surface area contributed by atoms with Gasteiger partial charge in [0.2, 0.25) is 10.0 Å². The van der Waals surface area contributed by atoms with Gasteiger partial charge in [-0.15, -0.1) is 0 Å². The molecule has 0 unspecified atom stereocenters. The first kappa shape index (κ1) is 19.7. The number of sulfonamides is 1. The Morgan fingerprint density at radius 3 is 2.50 bits per heavy atom. The van der Waals surface area contributed by atoms with Crippen LogP contribution in [-0.2, 0) is 16.6 Å². The highest BCUT2D eigenvalue weighted by atomic mass is 32.2. The molecule has 0 heterocycles. The lowest BCUT2D eigenvalue weighted by Gasteiger charge is -2.14. The van der Waals surface area contributed by atoms with Crippen molar-refractivity contribution in [3.63, 3.8) is 0 Å². The van der Waals surface area contributed by atoms with Gasteiger partial charge in [0, 0.05) is 12.1 Å². The van der Waals surface area contributed by atoms with Gasteiger partial charge in [0.25, 0.3) is 5.91 Å². The number of rotatable bonds is 7. The van der Waals surface area contributed by atoms with Crippen molar-refractivity contribution in [1.82, 2.24) is 5.32 Å². The monoisotopic (exact) mass is 378 g/mol. The average Bonchev–Trinajstić information content (AvgIpc) is 2.59. The van der Waals surface area contributed by atoms with E-state index in [2.05, 4.69) is 5.32 Å². The quantitative estimate of drug-likeness (QED) is 0.767. The Kier molecular flexibility index (Phi) is 6.23. The van der Waals surface area contributed by atoms with Gasteiger partial charge >= 0.3 is 0 Å². The number of benzene rings is 2. The number of ether oxygens (including phenoxy) is 2. The SMILES string of the molecule is COc1cc(C(=O)NCc2cccc(S(N)(=O)=O)c2)ccc1OC(C)C. The lowest BCUT2D eigenvalue weighted by molar-refractivity contribution is 0.0950. The van der Waals surface area contributed by atoms with E-state index < -0.39 is 10.0 Å². The number of carbonyl (C=O) groups is 1. The van der Waals surface area contributed by atoms with Gasteiger partial charge < -0.3 is 14.8 Å². The fraction of sp³-hybridized carbons (Fsp3) is 0.278. The molecule has 0 aromatic heterocycles. The molecule has 2 aromatic rings. The Labute approximate surface area is 153 Å². The fourth-order valence-electron chi connectivity index (χ4n) is 2.28. The third-order valence-corrected chi connectivity index (χ3v) is 4.38. The van der Waals surface area contributed by atoms with Crippen LogP contribution in [0.2, 0.25) is 0 Å². The minimum Gasteiger partial charge on any atom is -0.493 e. The molecule has 26 heavy (non-hydrogen) atoms. The zero-order valence-corrected chi connectivity index (χ0v) is 15.7. The second-order valence-electron chi connectivity index (χ2n) is 5.91. The first-order valence-electron chi connectivity index (χ1n) is 7.95. The van der Waals surface area contributed by atoms with Gasteiger partial charge in [0.15, 0.2) is 11.5 Å². The van der Waals surface area contributed by atoms with Crippen LogP contribution in [-0.4, -0.2) is 27.5 Å². The van der Waals surface area contributed by atoms with E-state index in [-0.39, 0.29) is 23.5 Å². The second-order valence-corrected chi connectivity index (χ2v) is 7.47. The average molecular weight is 378 g/mol. The zero-order valence-electron chi connectivity index (χ0n) is 14.9. The van der Waals surface area contributed by atoms with Crippen molar-refractivity contribution in [3.8, 4) is 11.5 Å². The maximum Gasteiger partial charge on any atom is 0.251 e. The minimum absolute atomic E-state index is 0.00102. The molecule has 2 aromatic carbocycles. The Hall–Kier alpha value is -2.58. The second kappa shape index (κ2) is 8.20. The summed E-state index contributed by atoms with van der Waals surface area (Å²) in [7, 11) is -2.28. The largest absolute Gasteiger partial charge is 0.493 e. The molecule has 8 heteroatoms. The first-order valence-corrected chi connectivity index (χ1v) is 9.50. The molecule has 7 nitrogen and oxygen atoms in total. The molecule has 2 rings (SSSR count). The molecular formula is C18H22N2O5S. The Morgan fingerprint density at radius 1 is 1.15 bits per heavy atom. The van der Waals surface area contributed by atoms with Gasteiger partial charge in [0.1, 0.15) is 0 Å². The predicted molar refractivity (Wildman–Crippen MR) is 97.7 cm³/mol. The van der Waals surface area contributed by atoms with E-state index in [1.165, 1.54) is 19.2 Å². The zero-order chi connectivity index (χ0) is 19.3. The number of hydrogen-bond donors (Lipinski definition) is 2. The van der Waals surface area contributed by atoms with Crippen LogP contribution in [0.25, 0.3) is 0 Å². The van der Waals surface area contributed by atoms with Gasteiger partial charge in [-0.1, -0.05) is 12.1 Å². The number of carbonyl (C=O) groups excluding carboxylic acids is 1. The molecule has 3 N–H and O–H groups in total. The van der Waals surface area contributed by atoms with Crippen LogP contribution < -0.4 is 19.9 Å². The predicted octanol–water partition coefficient (Wildman–Crippen LogP) is 2.06. The third-order valence-electron chi connectivity index (χ3n) is 3.47. The number of nitrogens with one attached hydrogen (secondary N) is 1. The van der Waals surface area contributed by atoms with Gasteiger partial charge in [0.05, 0.1) is 18.1 Å². The summed E-state index contributed by atoms with van der Waals surface area (Å²) in [5.74, 6) is 0.697. The Bertz CT molecular complexity index is 894. The van der Waals surface area contributed by atoms with E-state index in [0.717, 1.165) is 0 Å². The van der Waals surface area contributed by atoms with Gasteiger partial charge in [-0.2, -0.15) is 0 Å². The van der Waals surface area contributed by atoms with Crippen molar-refractivity contribution < 1.29 is 22.7 Å². The summed E-state index contributed by atoms with van der Waals surface area (Å²) in [6.45, 7) is 3.96. The van der Waals surface area contributed by atoms with Crippen molar-refractivity contribution in [3.05, 3.63) is 53.6 Å². The summed E-state index contributed by atoms with van der Waals surface area (Å²) < 4.78 is 33.7. The van der Waals surface area contributed by atoms with Crippen LogP contribution in [0.15, 0.2) is 47.4 Å². The topological polar surface area (TPSA) is 108 Å². The molecule has 0 aliphatic rings. The molecule has 0 bridgehead atoms. The van der Waals surface area contributed by atoms with Crippen molar-refractivity contribution >= 4 is 15.9 Å². The molecule has 0 radical (unpaired) electrons. The van der Waals surface area contributed by atoms with Crippen LogP contribution >= 0.6 is 0 Å². The van der Waals surface area contributed by atoms with E-state index in [9.17, 15) is 13.2 Å². The Balaban J connectivity index is 2.11. The van der Waals surface area contributed by atoms with Crippen LogP contribution in [0.1, 0.15) is 29.8 Å². The summed E-state index contributed by atoms with van der Waals surface area (Å²) in [5.41, 5.74) is 1.03. The van der Waals surface area contributed by atoms with Gasteiger partial charge in [-0.3, -0.25) is 4.79 Å². The first-order chi connectivity index (χ1) is 12.2. The van der Waals surface area contributed by atoms with Crippen molar-refractivity contribution in [2.45, 2.75) is 31.4 Å². The third kappa shape index (κ3) is 5.21. The molecule has 140 valence electrons. The minimum atomic E-state index is -3.78. The number of methoxy groups -OCH3 is 1.